The van der Waals surface area contributed by atoms with Gasteiger partial charge in [0.2, 0.25) is 0 Å². The zero-order chi connectivity index (χ0) is 14.1. The first-order chi connectivity index (χ1) is 9.61. The Balaban J connectivity index is 1.75. The Labute approximate surface area is 119 Å². The summed E-state index contributed by atoms with van der Waals surface area (Å²) in [5.74, 6) is 1.06. The molecule has 0 fully saturated rings. The van der Waals surface area contributed by atoms with Gasteiger partial charge in [0, 0.05) is 15.9 Å². The third-order valence-electron chi connectivity index (χ3n) is 2.88. The minimum atomic E-state index is -0.209. The van der Waals surface area contributed by atoms with Crippen LogP contribution in [0.2, 0.25) is 5.02 Å². The molecule has 0 aliphatic heterocycles. The lowest BCUT2D eigenvalue weighted by Crippen LogP contribution is -2.23. The summed E-state index contributed by atoms with van der Waals surface area (Å²) in [7, 11) is 0. The van der Waals surface area contributed by atoms with Gasteiger partial charge in [0.15, 0.2) is 5.82 Å². The Morgan fingerprint density at radius 3 is 3.00 bits per heavy atom. The quantitative estimate of drug-likeness (QED) is 0.691. The maximum atomic E-state index is 12.0. The Morgan fingerprint density at radius 1 is 1.40 bits per heavy atom. The standard InChI is InChI=1S/C13H12ClN5O/c1-7-16-12(19-18-7)6-15-13(20)11-5-8-4-9(14)2-3-10(8)17-11/h2-5,17H,6H2,1H3,(H,15,20)(H,16,18,19). The van der Waals surface area contributed by atoms with Crippen molar-refractivity contribution >= 4 is 28.4 Å². The number of amides is 1. The zero-order valence-electron chi connectivity index (χ0n) is 10.7. The van der Waals surface area contributed by atoms with Crippen LogP contribution in [-0.2, 0) is 6.54 Å². The number of nitrogens with zero attached hydrogens (tertiary/aromatic N) is 2. The molecule has 1 amide bonds. The lowest BCUT2D eigenvalue weighted by atomic mass is 10.2. The number of rotatable bonds is 3. The van der Waals surface area contributed by atoms with Gasteiger partial charge < -0.3 is 10.3 Å². The first-order valence-electron chi connectivity index (χ1n) is 6.06. The second-order valence-corrected chi connectivity index (χ2v) is 4.87. The number of hydrogen-bond donors (Lipinski definition) is 3. The fourth-order valence-electron chi connectivity index (χ4n) is 1.95. The molecule has 2 heterocycles. The van der Waals surface area contributed by atoms with Gasteiger partial charge in [-0.3, -0.25) is 9.89 Å². The van der Waals surface area contributed by atoms with Crippen LogP contribution in [0.15, 0.2) is 24.3 Å². The van der Waals surface area contributed by atoms with Gasteiger partial charge in [-0.2, -0.15) is 5.10 Å². The number of aryl methyl sites for hydroxylation is 1. The van der Waals surface area contributed by atoms with Crippen LogP contribution in [0.5, 0.6) is 0 Å². The van der Waals surface area contributed by atoms with Gasteiger partial charge >= 0.3 is 0 Å². The van der Waals surface area contributed by atoms with Gasteiger partial charge in [-0.05, 0) is 31.2 Å². The van der Waals surface area contributed by atoms with Crippen molar-refractivity contribution in [3.05, 3.63) is 46.6 Å². The van der Waals surface area contributed by atoms with Crippen molar-refractivity contribution in [2.75, 3.05) is 0 Å². The third-order valence-corrected chi connectivity index (χ3v) is 3.11. The SMILES string of the molecule is Cc1nc(CNC(=O)c2cc3cc(Cl)ccc3[nH]2)n[nH]1. The van der Waals surface area contributed by atoms with Crippen LogP contribution in [0.1, 0.15) is 22.1 Å². The number of hydrogen-bond acceptors (Lipinski definition) is 3. The number of benzene rings is 1. The van der Waals surface area contributed by atoms with Crippen molar-refractivity contribution in [3.63, 3.8) is 0 Å². The molecule has 0 unspecified atom stereocenters. The highest BCUT2D eigenvalue weighted by atomic mass is 35.5. The number of aromatic nitrogens is 4. The zero-order valence-corrected chi connectivity index (χ0v) is 11.5. The first-order valence-corrected chi connectivity index (χ1v) is 6.44. The molecule has 0 aliphatic carbocycles. The summed E-state index contributed by atoms with van der Waals surface area (Å²) in [5.41, 5.74) is 1.35. The van der Waals surface area contributed by atoms with Gasteiger partial charge in [-0.1, -0.05) is 11.6 Å². The highest BCUT2D eigenvalue weighted by Crippen LogP contribution is 2.20. The van der Waals surface area contributed by atoms with Gasteiger partial charge in [-0.15, -0.1) is 0 Å². The van der Waals surface area contributed by atoms with E-state index in [0.29, 0.717) is 16.5 Å². The molecule has 3 rings (SSSR count). The normalized spacial score (nSPS) is 10.9. The molecule has 3 aromatic rings. The molecule has 0 saturated carbocycles. The summed E-state index contributed by atoms with van der Waals surface area (Å²) < 4.78 is 0. The van der Waals surface area contributed by atoms with E-state index in [-0.39, 0.29) is 12.5 Å². The van der Waals surface area contributed by atoms with Gasteiger partial charge in [0.25, 0.3) is 5.91 Å². The summed E-state index contributed by atoms with van der Waals surface area (Å²) in [6, 6.07) is 7.19. The van der Waals surface area contributed by atoms with Gasteiger partial charge in [-0.25, -0.2) is 4.98 Å². The molecule has 1 aromatic carbocycles. The highest BCUT2D eigenvalue weighted by Gasteiger charge is 2.10. The summed E-state index contributed by atoms with van der Waals surface area (Å²) >= 11 is 5.92. The van der Waals surface area contributed by atoms with Crippen molar-refractivity contribution < 1.29 is 4.79 Å². The molecule has 0 aliphatic rings. The molecule has 0 saturated heterocycles. The number of halogens is 1. The number of H-pyrrole nitrogens is 2. The van der Waals surface area contributed by atoms with Crippen molar-refractivity contribution in [2.24, 2.45) is 0 Å². The van der Waals surface area contributed by atoms with Crippen LogP contribution in [0.3, 0.4) is 0 Å². The molecule has 0 atom stereocenters. The minimum Gasteiger partial charge on any atom is -0.351 e. The lowest BCUT2D eigenvalue weighted by molar-refractivity contribution is 0.0946. The van der Waals surface area contributed by atoms with E-state index >= 15 is 0 Å². The lowest BCUT2D eigenvalue weighted by Gasteiger charge is -1.99. The van der Waals surface area contributed by atoms with Crippen molar-refractivity contribution in [1.29, 1.82) is 0 Å². The van der Waals surface area contributed by atoms with Gasteiger partial charge in [0.1, 0.15) is 11.5 Å². The maximum Gasteiger partial charge on any atom is 0.268 e. The Hall–Kier alpha value is -2.34. The van der Waals surface area contributed by atoms with E-state index in [1.807, 2.05) is 12.1 Å². The molecule has 0 spiro atoms. The Bertz CT molecular complexity index is 776. The van der Waals surface area contributed by atoms with Crippen LogP contribution in [-0.4, -0.2) is 26.1 Å². The maximum absolute atomic E-state index is 12.0. The Morgan fingerprint density at radius 2 is 2.25 bits per heavy atom. The summed E-state index contributed by atoms with van der Waals surface area (Å²) in [5, 5.41) is 11.0. The molecule has 20 heavy (non-hydrogen) atoms. The fourth-order valence-corrected chi connectivity index (χ4v) is 2.13. The summed E-state index contributed by atoms with van der Waals surface area (Å²) in [4.78, 5) is 19.2. The summed E-state index contributed by atoms with van der Waals surface area (Å²) in [6.45, 7) is 2.08. The molecular formula is C13H12ClN5O. The third kappa shape index (κ3) is 2.50. The van der Waals surface area contributed by atoms with E-state index < -0.39 is 0 Å². The van der Waals surface area contributed by atoms with Crippen LogP contribution in [0, 0.1) is 6.92 Å². The van der Waals surface area contributed by atoms with E-state index in [1.165, 1.54) is 0 Å². The number of nitrogens with one attached hydrogen (secondary N) is 3. The van der Waals surface area contributed by atoms with Crippen molar-refractivity contribution in [3.8, 4) is 0 Å². The molecule has 6 nitrogen and oxygen atoms in total. The smallest absolute Gasteiger partial charge is 0.268 e. The topological polar surface area (TPSA) is 86.5 Å². The van der Waals surface area contributed by atoms with Gasteiger partial charge in [0.05, 0.1) is 6.54 Å². The van der Waals surface area contributed by atoms with E-state index in [1.54, 1.807) is 19.1 Å². The number of fused-ring (bicyclic) bond motifs is 1. The van der Waals surface area contributed by atoms with Crippen LogP contribution in [0.4, 0.5) is 0 Å². The largest absolute Gasteiger partial charge is 0.351 e. The predicted octanol–water partition coefficient (Wildman–Crippen LogP) is 2.18. The Kier molecular flexibility index (Phi) is 3.15. The second-order valence-electron chi connectivity index (χ2n) is 4.43. The number of carbonyl (C=O) groups is 1. The van der Waals surface area contributed by atoms with Crippen LogP contribution in [0.25, 0.3) is 10.9 Å². The number of aromatic amines is 2. The molecule has 7 heteroatoms. The first kappa shape index (κ1) is 12.7. The monoisotopic (exact) mass is 289 g/mol. The average Bonchev–Trinajstić information content (AvgIpc) is 3.01. The second kappa shape index (κ2) is 4.97. The van der Waals surface area contributed by atoms with Crippen LogP contribution < -0.4 is 5.32 Å². The highest BCUT2D eigenvalue weighted by molar-refractivity contribution is 6.31. The minimum absolute atomic E-state index is 0.209. The predicted molar refractivity (Wildman–Crippen MR) is 75.6 cm³/mol. The van der Waals surface area contributed by atoms with E-state index in [4.69, 9.17) is 11.6 Å². The number of carbonyl (C=O) groups excluding carboxylic acids is 1. The van der Waals surface area contributed by atoms with Crippen LogP contribution >= 0.6 is 11.6 Å². The molecule has 102 valence electrons. The molecule has 3 N–H and O–H groups in total. The molecular weight excluding hydrogens is 278 g/mol. The molecule has 2 aromatic heterocycles. The summed E-state index contributed by atoms with van der Waals surface area (Å²) in [6.07, 6.45) is 0. The molecule has 0 bridgehead atoms. The van der Waals surface area contributed by atoms with E-state index in [2.05, 4.69) is 25.5 Å². The van der Waals surface area contributed by atoms with E-state index in [9.17, 15) is 4.79 Å². The van der Waals surface area contributed by atoms with Crippen molar-refractivity contribution in [1.82, 2.24) is 25.5 Å². The fraction of sp³-hybridized carbons (Fsp3) is 0.154. The molecule has 0 radical (unpaired) electrons. The van der Waals surface area contributed by atoms with Crippen molar-refractivity contribution in [2.45, 2.75) is 13.5 Å². The van der Waals surface area contributed by atoms with E-state index in [0.717, 1.165) is 16.7 Å². The average molecular weight is 290 g/mol.